The third-order valence-electron chi connectivity index (χ3n) is 5.98. The fourth-order valence-electron chi connectivity index (χ4n) is 4.30. The predicted molar refractivity (Wildman–Crippen MR) is 116 cm³/mol. The molecule has 0 aliphatic carbocycles. The van der Waals surface area contributed by atoms with Gasteiger partial charge >= 0.3 is 0 Å². The van der Waals surface area contributed by atoms with Crippen LogP contribution in [0, 0.1) is 5.92 Å². The van der Waals surface area contributed by atoms with Gasteiger partial charge in [-0.25, -0.2) is 0 Å². The number of aromatic nitrogens is 1. The zero-order valence-electron chi connectivity index (χ0n) is 17.3. The second-order valence-corrected chi connectivity index (χ2v) is 8.26. The summed E-state index contributed by atoms with van der Waals surface area (Å²) in [4.78, 5) is 6.86. The van der Waals surface area contributed by atoms with Crippen molar-refractivity contribution in [2.45, 2.75) is 44.8 Å². The lowest BCUT2D eigenvalue weighted by Crippen LogP contribution is -2.28. The Balaban J connectivity index is 1.16. The van der Waals surface area contributed by atoms with Gasteiger partial charge in [0.1, 0.15) is 12.4 Å². The molecule has 2 unspecified atom stereocenters. The molecule has 2 fully saturated rings. The molecule has 0 spiro atoms. The third-order valence-corrected chi connectivity index (χ3v) is 5.98. The first kappa shape index (κ1) is 20.2. The number of anilines is 1. The molecule has 29 heavy (non-hydrogen) atoms. The van der Waals surface area contributed by atoms with Gasteiger partial charge in [-0.2, -0.15) is 0 Å². The minimum absolute atomic E-state index is 0.485. The van der Waals surface area contributed by atoms with Gasteiger partial charge < -0.3 is 19.7 Å². The van der Waals surface area contributed by atoms with Gasteiger partial charge in [0.25, 0.3) is 0 Å². The molecule has 1 N–H and O–H groups in total. The first-order valence-corrected chi connectivity index (χ1v) is 11.0. The van der Waals surface area contributed by atoms with Crippen molar-refractivity contribution in [3.63, 3.8) is 0 Å². The summed E-state index contributed by atoms with van der Waals surface area (Å²) in [5, 5.41) is 3.47. The van der Waals surface area contributed by atoms with Crippen LogP contribution in [0.2, 0.25) is 0 Å². The molecular weight excluding hydrogens is 362 g/mol. The van der Waals surface area contributed by atoms with Gasteiger partial charge in [0.15, 0.2) is 0 Å². The van der Waals surface area contributed by atoms with Gasteiger partial charge in [-0.1, -0.05) is 30.3 Å². The third kappa shape index (κ3) is 6.18. The summed E-state index contributed by atoms with van der Waals surface area (Å²) in [6, 6.07) is 13.0. The van der Waals surface area contributed by atoms with Crippen LogP contribution in [0.5, 0.6) is 5.75 Å². The quantitative estimate of drug-likeness (QED) is 0.615. The van der Waals surface area contributed by atoms with Crippen LogP contribution in [-0.4, -0.2) is 43.9 Å². The van der Waals surface area contributed by atoms with E-state index in [1.807, 2.05) is 18.5 Å². The van der Waals surface area contributed by atoms with Gasteiger partial charge in [-0.15, -0.1) is 0 Å². The van der Waals surface area contributed by atoms with Crippen molar-refractivity contribution in [3.8, 4) is 5.75 Å². The highest BCUT2D eigenvalue weighted by molar-refractivity contribution is 5.49. The number of ether oxygens (including phenoxy) is 2. The average molecular weight is 396 g/mol. The fraction of sp³-hybridized carbons (Fsp3) is 0.542. The lowest BCUT2D eigenvalue weighted by Gasteiger charge is -2.19. The van der Waals surface area contributed by atoms with E-state index >= 15 is 0 Å². The molecule has 2 aliphatic rings. The maximum absolute atomic E-state index is 5.98. The molecule has 5 nitrogen and oxygen atoms in total. The predicted octanol–water partition coefficient (Wildman–Crippen LogP) is 4.04. The summed E-state index contributed by atoms with van der Waals surface area (Å²) >= 11 is 0. The van der Waals surface area contributed by atoms with E-state index in [1.54, 1.807) is 0 Å². The molecule has 5 heteroatoms. The molecule has 0 radical (unpaired) electrons. The Morgan fingerprint density at radius 3 is 2.93 bits per heavy atom. The summed E-state index contributed by atoms with van der Waals surface area (Å²) in [7, 11) is 0. The molecule has 4 rings (SSSR count). The van der Waals surface area contributed by atoms with Gasteiger partial charge in [0.05, 0.1) is 24.7 Å². The van der Waals surface area contributed by atoms with E-state index in [2.05, 4.69) is 45.5 Å². The van der Waals surface area contributed by atoms with E-state index in [4.69, 9.17) is 9.47 Å². The number of hydrogen-bond donors (Lipinski definition) is 1. The van der Waals surface area contributed by atoms with Crippen LogP contribution >= 0.6 is 0 Å². The summed E-state index contributed by atoms with van der Waals surface area (Å²) < 4.78 is 11.8. The molecule has 2 aromatic rings. The number of benzene rings is 1. The maximum Gasteiger partial charge on any atom is 0.139 e. The Hall–Kier alpha value is -2.11. The van der Waals surface area contributed by atoms with Crippen molar-refractivity contribution in [1.29, 1.82) is 0 Å². The molecule has 1 aromatic heterocycles. The van der Waals surface area contributed by atoms with E-state index in [-0.39, 0.29) is 0 Å². The van der Waals surface area contributed by atoms with Crippen LogP contribution < -0.4 is 15.0 Å². The van der Waals surface area contributed by atoms with Crippen molar-refractivity contribution in [2.75, 3.05) is 37.7 Å². The van der Waals surface area contributed by atoms with E-state index in [0.717, 1.165) is 50.9 Å². The largest absolute Gasteiger partial charge is 0.490 e. The summed E-state index contributed by atoms with van der Waals surface area (Å²) in [6.45, 7) is 5.60. The number of nitrogens with one attached hydrogen (secondary N) is 1. The zero-order valence-corrected chi connectivity index (χ0v) is 17.3. The van der Waals surface area contributed by atoms with E-state index < -0.39 is 0 Å². The Kier molecular flexibility index (Phi) is 7.38. The molecule has 2 saturated heterocycles. The lowest BCUT2D eigenvalue weighted by molar-refractivity contribution is 0.114. The zero-order chi connectivity index (χ0) is 19.7. The second-order valence-electron chi connectivity index (χ2n) is 8.26. The molecule has 1 aromatic carbocycles. The normalized spacial score (nSPS) is 21.6. The first-order chi connectivity index (χ1) is 14.4. The molecule has 0 bridgehead atoms. The van der Waals surface area contributed by atoms with Gasteiger partial charge in [-0.05, 0) is 50.1 Å². The SMILES string of the molecule is c1ccc(COCCCC2CCN(c3cncc(OCC4CCCN4)c3)C2)cc1. The maximum atomic E-state index is 5.98. The molecule has 2 aliphatic heterocycles. The minimum atomic E-state index is 0.485. The number of pyridine rings is 1. The highest BCUT2D eigenvalue weighted by Gasteiger charge is 2.23. The highest BCUT2D eigenvalue weighted by Crippen LogP contribution is 2.28. The Labute approximate surface area is 174 Å². The topological polar surface area (TPSA) is 46.6 Å². The van der Waals surface area contributed by atoms with Crippen LogP contribution in [-0.2, 0) is 11.3 Å². The van der Waals surface area contributed by atoms with Crippen LogP contribution in [0.1, 0.15) is 37.7 Å². The van der Waals surface area contributed by atoms with Crippen LogP contribution in [0.4, 0.5) is 5.69 Å². The van der Waals surface area contributed by atoms with Crippen molar-refractivity contribution in [2.24, 2.45) is 5.92 Å². The smallest absolute Gasteiger partial charge is 0.139 e. The summed E-state index contributed by atoms with van der Waals surface area (Å²) in [5.74, 6) is 1.62. The molecule has 0 amide bonds. The Morgan fingerprint density at radius 2 is 2.07 bits per heavy atom. The molecule has 0 saturated carbocycles. The standard InChI is InChI=1S/C24H33N3O2/c1-2-6-21(7-3-1)18-28-13-5-8-20-10-12-27(17-20)23-14-24(16-25-15-23)29-19-22-9-4-11-26-22/h1-3,6-7,14-16,20,22,26H,4-5,8-13,17-19H2. The van der Waals surface area contributed by atoms with Crippen molar-refractivity contribution < 1.29 is 9.47 Å². The van der Waals surface area contributed by atoms with E-state index in [1.165, 1.54) is 36.9 Å². The molecular formula is C24H33N3O2. The Morgan fingerprint density at radius 1 is 1.14 bits per heavy atom. The van der Waals surface area contributed by atoms with Gasteiger partial charge in [0.2, 0.25) is 0 Å². The fourth-order valence-corrected chi connectivity index (χ4v) is 4.30. The van der Waals surface area contributed by atoms with Gasteiger partial charge in [-0.3, -0.25) is 4.98 Å². The van der Waals surface area contributed by atoms with Crippen molar-refractivity contribution in [3.05, 3.63) is 54.4 Å². The monoisotopic (exact) mass is 395 g/mol. The number of hydrogen-bond acceptors (Lipinski definition) is 5. The summed E-state index contributed by atoms with van der Waals surface area (Å²) in [5.41, 5.74) is 2.43. The molecule has 156 valence electrons. The highest BCUT2D eigenvalue weighted by atomic mass is 16.5. The molecule has 2 atom stereocenters. The van der Waals surface area contributed by atoms with Crippen LogP contribution in [0.15, 0.2) is 48.8 Å². The Bertz CT molecular complexity index is 734. The first-order valence-electron chi connectivity index (χ1n) is 11.0. The van der Waals surface area contributed by atoms with Crippen molar-refractivity contribution >= 4 is 5.69 Å². The lowest BCUT2D eigenvalue weighted by atomic mass is 10.0. The van der Waals surface area contributed by atoms with Crippen LogP contribution in [0.3, 0.4) is 0 Å². The number of rotatable bonds is 10. The van der Waals surface area contributed by atoms with Crippen LogP contribution in [0.25, 0.3) is 0 Å². The minimum Gasteiger partial charge on any atom is -0.490 e. The van der Waals surface area contributed by atoms with Crippen molar-refractivity contribution in [1.82, 2.24) is 10.3 Å². The molecule has 3 heterocycles. The van der Waals surface area contributed by atoms with E-state index in [9.17, 15) is 0 Å². The summed E-state index contributed by atoms with van der Waals surface area (Å²) in [6.07, 6.45) is 9.84. The second kappa shape index (κ2) is 10.6. The van der Waals surface area contributed by atoms with Gasteiger partial charge in [0, 0.05) is 31.8 Å². The average Bonchev–Trinajstić information content (AvgIpc) is 3.45. The number of nitrogens with zero attached hydrogens (tertiary/aromatic N) is 2. The van der Waals surface area contributed by atoms with E-state index in [0.29, 0.717) is 12.6 Å².